The van der Waals surface area contributed by atoms with Crippen molar-refractivity contribution >= 4 is 34.3 Å². The SMILES string of the molecule is CC(C)(C)OC(=O)N[C@@H]1CN(c2c(F)cc3c(=O)ccn([C@@H]4C[C@@H]4F)c3c2Cl)CC12CC2. The molecule has 2 heterocycles. The summed E-state index contributed by atoms with van der Waals surface area (Å²) in [6.45, 7) is 6.29. The Balaban J connectivity index is 1.50. The summed E-state index contributed by atoms with van der Waals surface area (Å²) in [5.74, 6) is -0.598. The van der Waals surface area contributed by atoms with Crippen molar-refractivity contribution in [2.45, 2.75) is 63.9 Å². The molecule has 9 heteroatoms. The largest absolute Gasteiger partial charge is 0.444 e. The molecule has 0 radical (unpaired) electrons. The van der Waals surface area contributed by atoms with Crippen molar-refractivity contribution in [2.75, 3.05) is 18.0 Å². The topological polar surface area (TPSA) is 63.6 Å². The van der Waals surface area contributed by atoms with E-state index >= 15 is 4.39 Å². The van der Waals surface area contributed by atoms with E-state index in [1.54, 1.807) is 25.3 Å². The van der Waals surface area contributed by atoms with Gasteiger partial charge >= 0.3 is 6.09 Å². The normalized spacial score (nSPS) is 25.9. The van der Waals surface area contributed by atoms with E-state index in [0.717, 1.165) is 12.8 Å². The third-order valence-corrected chi connectivity index (χ3v) is 7.02. The lowest BCUT2D eigenvalue weighted by Crippen LogP contribution is -2.44. The maximum absolute atomic E-state index is 15.3. The highest BCUT2D eigenvalue weighted by Gasteiger charge is 2.56. The highest BCUT2D eigenvalue weighted by atomic mass is 35.5. The van der Waals surface area contributed by atoms with Crippen molar-refractivity contribution in [2.24, 2.45) is 5.41 Å². The molecule has 3 atom stereocenters. The minimum Gasteiger partial charge on any atom is -0.444 e. The van der Waals surface area contributed by atoms with Crippen LogP contribution >= 0.6 is 11.6 Å². The molecule has 0 bridgehead atoms. The molecule has 3 fully saturated rings. The van der Waals surface area contributed by atoms with Crippen LogP contribution < -0.4 is 15.6 Å². The van der Waals surface area contributed by atoms with Gasteiger partial charge in [0, 0.05) is 37.2 Å². The molecule has 5 rings (SSSR count). The fourth-order valence-corrected chi connectivity index (χ4v) is 5.22. The Kier molecular flexibility index (Phi) is 4.75. The minimum absolute atomic E-state index is 0.102. The molecule has 1 aromatic carbocycles. The molecule has 0 unspecified atom stereocenters. The van der Waals surface area contributed by atoms with E-state index in [4.69, 9.17) is 16.3 Å². The van der Waals surface area contributed by atoms with Gasteiger partial charge in [-0.1, -0.05) is 11.6 Å². The number of halogens is 3. The van der Waals surface area contributed by atoms with Crippen LogP contribution in [0, 0.1) is 11.2 Å². The third kappa shape index (κ3) is 3.62. The van der Waals surface area contributed by atoms with Crippen molar-refractivity contribution in [3.8, 4) is 0 Å². The number of benzene rings is 1. The Morgan fingerprint density at radius 1 is 1.34 bits per heavy atom. The summed E-state index contributed by atoms with van der Waals surface area (Å²) in [7, 11) is 0. The number of anilines is 1. The van der Waals surface area contributed by atoms with Gasteiger partial charge in [-0.05, 0) is 39.7 Å². The van der Waals surface area contributed by atoms with Gasteiger partial charge in [0.25, 0.3) is 0 Å². The fourth-order valence-electron chi connectivity index (χ4n) is 4.81. The molecular weight excluding hydrogens is 440 g/mol. The number of alkyl carbamates (subject to hydrolysis) is 1. The number of pyridine rings is 1. The highest BCUT2D eigenvalue weighted by molar-refractivity contribution is 6.38. The van der Waals surface area contributed by atoms with Gasteiger partial charge in [0.05, 0.1) is 33.7 Å². The molecule has 1 saturated heterocycles. The number of amides is 1. The fraction of sp³-hybridized carbons (Fsp3) is 0.565. The lowest BCUT2D eigenvalue weighted by molar-refractivity contribution is 0.0493. The zero-order valence-corrected chi connectivity index (χ0v) is 19.0. The van der Waals surface area contributed by atoms with Gasteiger partial charge in [0.1, 0.15) is 17.6 Å². The average molecular weight is 466 g/mol. The number of rotatable bonds is 3. The first-order valence-electron chi connectivity index (χ1n) is 10.9. The van der Waals surface area contributed by atoms with Crippen molar-refractivity contribution in [1.29, 1.82) is 0 Å². The maximum Gasteiger partial charge on any atom is 0.407 e. The molecular formula is C23H26ClF2N3O3. The van der Waals surface area contributed by atoms with Gasteiger partial charge in [-0.15, -0.1) is 0 Å². The van der Waals surface area contributed by atoms with E-state index in [-0.39, 0.29) is 33.0 Å². The smallest absolute Gasteiger partial charge is 0.407 e. The zero-order chi connectivity index (χ0) is 23.0. The standard InChI is InChI=1S/C23H26ClF2N3O3/c1-22(2,3)32-21(31)27-17-10-28(11-23(17)5-6-23)20-14(26)8-12-16(30)4-7-29(15-9-13(15)25)19(12)18(20)24/h4,7-8,13,15,17H,5-6,9-11H2,1-3H3,(H,27,31)/t13-,15+,17+/m0/s1. The molecule has 172 valence electrons. The molecule has 3 aliphatic rings. The second-order valence-corrected chi connectivity index (χ2v) is 10.6. The lowest BCUT2D eigenvalue weighted by Gasteiger charge is -2.24. The first-order chi connectivity index (χ1) is 15.0. The second kappa shape index (κ2) is 7.07. The van der Waals surface area contributed by atoms with Crippen molar-refractivity contribution < 1.29 is 18.3 Å². The molecule has 1 spiro atoms. The van der Waals surface area contributed by atoms with Crippen molar-refractivity contribution in [1.82, 2.24) is 9.88 Å². The molecule has 2 aliphatic carbocycles. The quantitative estimate of drug-likeness (QED) is 0.721. The van der Waals surface area contributed by atoms with Crippen LogP contribution in [0.3, 0.4) is 0 Å². The van der Waals surface area contributed by atoms with E-state index in [1.165, 1.54) is 18.3 Å². The van der Waals surface area contributed by atoms with E-state index in [2.05, 4.69) is 5.32 Å². The Morgan fingerprint density at radius 3 is 2.62 bits per heavy atom. The van der Waals surface area contributed by atoms with E-state index in [9.17, 15) is 14.0 Å². The van der Waals surface area contributed by atoms with Crippen LogP contribution in [-0.2, 0) is 4.74 Å². The van der Waals surface area contributed by atoms with E-state index < -0.39 is 29.7 Å². The first kappa shape index (κ1) is 21.5. The predicted molar refractivity (Wildman–Crippen MR) is 119 cm³/mol. The van der Waals surface area contributed by atoms with Gasteiger partial charge in [-0.3, -0.25) is 4.79 Å². The van der Waals surface area contributed by atoms with E-state index in [0.29, 0.717) is 25.0 Å². The van der Waals surface area contributed by atoms with Gasteiger partial charge in [-0.2, -0.15) is 0 Å². The Bertz CT molecular complexity index is 1170. The van der Waals surface area contributed by atoms with E-state index in [1.807, 2.05) is 4.90 Å². The minimum atomic E-state index is -1.01. The molecule has 6 nitrogen and oxygen atoms in total. The number of hydrogen-bond acceptors (Lipinski definition) is 4. The number of fused-ring (bicyclic) bond motifs is 1. The lowest BCUT2D eigenvalue weighted by atomic mass is 10.0. The van der Waals surface area contributed by atoms with Gasteiger partial charge < -0.3 is 19.5 Å². The highest BCUT2D eigenvalue weighted by Crippen LogP contribution is 2.55. The molecule has 1 amide bonds. The van der Waals surface area contributed by atoms with Crippen LogP contribution in [0.2, 0.25) is 5.02 Å². The number of alkyl halides is 1. The summed E-state index contributed by atoms with van der Waals surface area (Å²) >= 11 is 6.70. The molecule has 1 N–H and O–H groups in total. The van der Waals surface area contributed by atoms with Crippen LogP contribution in [0.25, 0.3) is 10.9 Å². The van der Waals surface area contributed by atoms with Crippen LogP contribution in [0.15, 0.2) is 23.1 Å². The summed E-state index contributed by atoms with van der Waals surface area (Å²) in [5.41, 5.74) is -0.584. The number of ether oxygens (including phenoxy) is 1. The summed E-state index contributed by atoms with van der Waals surface area (Å²) in [4.78, 5) is 26.6. The summed E-state index contributed by atoms with van der Waals surface area (Å²) in [5, 5.41) is 3.19. The monoisotopic (exact) mass is 465 g/mol. The van der Waals surface area contributed by atoms with Crippen LogP contribution in [0.5, 0.6) is 0 Å². The number of aromatic nitrogens is 1. The second-order valence-electron chi connectivity index (χ2n) is 10.3. The van der Waals surface area contributed by atoms with Crippen molar-refractivity contribution in [3.05, 3.63) is 39.4 Å². The van der Waals surface area contributed by atoms with Crippen LogP contribution in [0.1, 0.15) is 46.1 Å². The molecule has 1 aromatic heterocycles. The van der Waals surface area contributed by atoms with Gasteiger partial charge in [-0.25, -0.2) is 13.6 Å². The summed E-state index contributed by atoms with van der Waals surface area (Å²) in [6.07, 6.45) is 2.18. The van der Waals surface area contributed by atoms with Crippen LogP contribution in [-0.4, -0.2) is 41.6 Å². The number of nitrogens with zero attached hydrogens (tertiary/aromatic N) is 2. The van der Waals surface area contributed by atoms with Gasteiger partial charge in [0.15, 0.2) is 5.43 Å². The maximum atomic E-state index is 15.3. The Labute approximate surface area is 189 Å². The van der Waals surface area contributed by atoms with Gasteiger partial charge in [0.2, 0.25) is 0 Å². The summed E-state index contributed by atoms with van der Waals surface area (Å²) in [6, 6.07) is 1.90. The number of carbonyl (C=O) groups excluding carboxylic acids is 1. The average Bonchev–Trinajstić information content (AvgIpc) is 3.56. The molecule has 32 heavy (non-hydrogen) atoms. The molecule has 2 saturated carbocycles. The number of nitrogens with one attached hydrogen (secondary N) is 1. The van der Waals surface area contributed by atoms with Crippen molar-refractivity contribution in [3.63, 3.8) is 0 Å². The zero-order valence-electron chi connectivity index (χ0n) is 18.3. The predicted octanol–water partition coefficient (Wildman–Crippen LogP) is 4.57. The number of hydrogen-bond donors (Lipinski definition) is 1. The van der Waals surface area contributed by atoms with Crippen LogP contribution in [0.4, 0.5) is 19.3 Å². The Hall–Kier alpha value is -2.35. The summed E-state index contributed by atoms with van der Waals surface area (Å²) < 4.78 is 36.1. The molecule has 2 aromatic rings. The third-order valence-electron chi connectivity index (χ3n) is 6.66. The molecule has 1 aliphatic heterocycles. The first-order valence-corrected chi connectivity index (χ1v) is 11.3. The number of carbonyl (C=O) groups is 1. The Morgan fingerprint density at radius 2 is 2.03 bits per heavy atom.